The number of halogens is 2. The minimum Gasteiger partial charge on any atom is -0.356 e. The van der Waals surface area contributed by atoms with Gasteiger partial charge >= 0.3 is 0 Å². The van der Waals surface area contributed by atoms with Crippen LogP contribution in [0.15, 0.2) is 46.8 Å². The van der Waals surface area contributed by atoms with Gasteiger partial charge in [0.15, 0.2) is 11.8 Å². The Morgan fingerprint density at radius 3 is 2.45 bits per heavy atom. The molecule has 0 bridgehead atoms. The summed E-state index contributed by atoms with van der Waals surface area (Å²) in [6, 6.07) is 10.8. The van der Waals surface area contributed by atoms with Crippen LogP contribution in [-0.4, -0.2) is 33.8 Å². The van der Waals surface area contributed by atoms with Gasteiger partial charge in [0.2, 0.25) is 0 Å². The number of aromatic nitrogens is 3. The van der Waals surface area contributed by atoms with Gasteiger partial charge in [-0.05, 0) is 48.9 Å². The largest absolute Gasteiger partial charge is 0.356 e. The molecule has 156 valence electrons. The highest BCUT2D eigenvalue weighted by atomic mass is 127. The number of nitrogens with zero attached hydrogens (tertiary/aromatic N) is 4. The monoisotopic (exact) mass is 528 g/mol. The van der Waals surface area contributed by atoms with E-state index in [1.54, 1.807) is 23.5 Å². The van der Waals surface area contributed by atoms with Crippen molar-refractivity contribution in [3.8, 4) is 0 Å². The molecule has 2 heterocycles. The molecule has 29 heavy (non-hydrogen) atoms. The van der Waals surface area contributed by atoms with E-state index in [4.69, 9.17) is 0 Å². The first-order valence-corrected chi connectivity index (χ1v) is 10.1. The number of hydrogen-bond acceptors (Lipinski definition) is 4. The van der Waals surface area contributed by atoms with Gasteiger partial charge in [-0.25, -0.2) is 9.38 Å². The van der Waals surface area contributed by atoms with Gasteiger partial charge in [-0.15, -0.1) is 45.5 Å². The molecule has 0 aliphatic carbocycles. The average Bonchev–Trinajstić information content (AvgIpc) is 3.32. The predicted molar refractivity (Wildman–Crippen MR) is 126 cm³/mol. The first kappa shape index (κ1) is 23.3. The fourth-order valence-electron chi connectivity index (χ4n) is 2.65. The van der Waals surface area contributed by atoms with Crippen molar-refractivity contribution in [3.05, 3.63) is 69.7 Å². The van der Waals surface area contributed by atoms with Gasteiger partial charge in [-0.1, -0.05) is 18.2 Å². The van der Waals surface area contributed by atoms with Crippen molar-refractivity contribution in [3.63, 3.8) is 0 Å². The fraction of sp³-hybridized carbons (Fsp3) is 0.350. The molecule has 0 spiro atoms. The number of rotatable bonds is 8. The Bertz CT molecular complexity index is 892. The Kier molecular flexibility index (Phi) is 9.52. The SMILES string of the molecule is Cc1nnc(CN=C(NCCc2ccc(F)cc2)NCCc2cccs2)n1C.I. The minimum atomic E-state index is -0.215. The van der Waals surface area contributed by atoms with Gasteiger partial charge in [0, 0.05) is 25.0 Å². The summed E-state index contributed by atoms with van der Waals surface area (Å²) < 4.78 is 15.0. The first-order chi connectivity index (χ1) is 13.6. The molecule has 3 aromatic rings. The fourth-order valence-corrected chi connectivity index (χ4v) is 3.36. The molecule has 2 N–H and O–H groups in total. The van der Waals surface area contributed by atoms with Gasteiger partial charge in [0.05, 0.1) is 0 Å². The van der Waals surface area contributed by atoms with Crippen molar-refractivity contribution in [2.24, 2.45) is 12.0 Å². The van der Waals surface area contributed by atoms with E-state index in [1.165, 1.54) is 17.0 Å². The van der Waals surface area contributed by atoms with Crippen LogP contribution in [0.5, 0.6) is 0 Å². The molecule has 1 aromatic carbocycles. The number of benzene rings is 1. The lowest BCUT2D eigenvalue weighted by Gasteiger charge is -2.12. The van der Waals surface area contributed by atoms with E-state index < -0.39 is 0 Å². The van der Waals surface area contributed by atoms with Gasteiger partial charge in [-0.3, -0.25) is 0 Å². The molecule has 0 amide bonds. The zero-order valence-electron chi connectivity index (χ0n) is 16.6. The number of nitrogens with one attached hydrogen (secondary N) is 2. The summed E-state index contributed by atoms with van der Waals surface area (Å²) in [6.45, 7) is 3.86. The summed E-state index contributed by atoms with van der Waals surface area (Å²) in [7, 11) is 1.94. The van der Waals surface area contributed by atoms with Gasteiger partial charge in [-0.2, -0.15) is 0 Å². The topological polar surface area (TPSA) is 67.1 Å². The lowest BCUT2D eigenvalue weighted by atomic mass is 10.1. The Hall–Kier alpha value is -2.01. The summed E-state index contributed by atoms with van der Waals surface area (Å²) in [6.07, 6.45) is 1.73. The van der Waals surface area contributed by atoms with Crippen LogP contribution in [0, 0.1) is 12.7 Å². The molecule has 2 aromatic heterocycles. The zero-order chi connectivity index (χ0) is 19.8. The lowest BCUT2D eigenvalue weighted by Crippen LogP contribution is -2.39. The second-order valence-corrected chi connectivity index (χ2v) is 7.48. The quantitative estimate of drug-likeness (QED) is 0.267. The smallest absolute Gasteiger partial charge is 0.191 e. The van der Waals surface area contributed by atoms with Crippen molar-refractivity contribution < 1.29 is 4.39 Å². The first-order valence-electron chi connectivity index (χ1n) is 9.25. The third-order valence-electron chi connectivity index (χ3n) is 4.42. The molecule has 0 fully saturated rings. The van der Waals surface area contributed by atoms with Crippen LogP contribution < -0.4 is 10.6 Å². The lowest BCUT2D eigenvalue weighted by molar-refractivity contribution is 0.626. The summed E-state index contributed by atoms with van der Waals surface area (Å²) in [5, 5.41) is 17.0. The normalized spacial score (nSPS) is 11.2. The number of thiophene rings is 1. The number of aliphatic imine (C=N–C) groups is 1. The van der Waals surface area contributed by atoms with E-state index in [2.05, 4.69) is 43.3 Å². The highest BCUT2D eigenvalue weighted by Crippen LogP contribution is 2.08. The molecule has 6 nitrogen and oxygen atoms in total. The number of guanidine groups is 1. The highest BCUT2D eigenvalue weighted by molar-refractivity contribution is 14.0. The maximum Gasteiger partial charge on any atom is 0.191 e. The van der Waals surface area contributed by atoms with E-state index >= 15 is 0 Å². The summed E-state index contributed by atoms with van der Waals surface area (Å²) >= 11 is 1.75. The van der Waals surface area contributed by atoms with Crippen molar-refractivity contribution in [1.82, 2.24) is 25.4 Å². The zero-order valence-corrected chi connectivity index (χ0v) is 19.7. The molecule has 0 radical (unpaired) electrons. The summed E-state index contributed by atoms with van der Waals surface area (Å²) in [5.41, 5.74) is 1.08. The van der Waals surface area contributed by atoms with Gasteiger partial charge in [0.1, 0.15) is 18.2 Å². The van der Waals surface area contributed by atoms with Crippen LogP contribution in [0.1, 0.15) is 22.1 Å². The van der Waals surface area contributed by atoms with E-state index in [0.29, 0.717) is 13.1 Å². The molecule has 0 saturated carbocycles. The maximum atomic E-state index is 13.0. The van der Waals surface area contributed by atoms with Crippen molar-refractivity contribution in [2.45, 2.75) is 26.3 Å². The van der Waals surface area contributed by atoms with Crippen LogP contribution in [0.3, 0.4) is 0 Å². The Morgan fingerprint density at radius 1 is 1.10 bits per heavy atom. The molecule has 3 rings (SSSR count). The van der Waals surface area contributed by atoms with Crippen LogP contribution in [0.2, 0.25) is 0 Å². The number of aryl methyl sites for hydroxylation is 1. The molecule has 0 unspecified atom stereocenters. The predicted octanol–water partition coefficient (Wildman–Crippen LogP) is 3.46. The van der Waals surface area contributed by atoms with E-state index in [1.807, 2.05) is 18.5 Å². The number of hydrogen-bond donors (Lipinski definition) is 2. The molecular weight excluding hydrogens is 502 g/mol. The molecular formula is C20H26FIN6S. The molecule has 9 heteroatoms. The third-order valence-corrected chi connectivity index (χ3v) is 5.36. The van der Waals surface area contributed by atoms with Crippen LogP contribution in [0.4, 0.5) is 4.39 Å². The summed E-state index contributed by atoms with van der Waals surface area (Å²) in [5.74, 6) is 2.20. The minimum absolute atomic E-state index is 0. The second-order valence-electron chi connectivity index (χ2n) is 6.45. The maximum absolute atomic E-state index is 13.0. The van der Waals surface area contributed by atoms with Crippen molar-refractivity contribution in [2.75, 3.05) is 13.1 Å². The van der Waals surface area contributed by atoms with Gasteiger partial charge < -0.3 is 15.2 Å². The van der Waals surface area contributed by atoms with E-state index in [-0.39, 0.29) is 29.8 Å². The van der Waals surface area contributed by atoms with Crippen LogP contribution in [-0.2, 0) is 26.4 Å². The van der Waals surface area contributed by atoms with Crippen molar-refractivity contribution in [1.29, 1.82) is 0 Å². The van der Waals surface area contributed by atoms with E-state index in [0.717, 1.165) is 42.6 Å². The van der Waals surface area contributed by atoms with Crippen molar-refractivity contribution >= 4 is 41.3 Å². The van der Waals surface area contributed by atoms with Crippen LogP contribution >= 0.6 is 35.3 Å². The molecule has 0 saturated heterocycles. The van der Waals surface area contributed by atoms with E-state index in [9.17, 15) is 4.39 Å². The Labute approximate surface area is 191 Å². The third kappa shape index (κ3) is 7.39. The van der Waals surface area contributed by atoms with Gasteiger partial charge in [0.25, 0.3) is 0 Å². The molecule has 0 aliphatic rings. The standard InChI is InChI=1S/C20H25FN6S.HI/c1-15-25-26-19(27(15)2)14-24-20(23-12-10-18-4-3-13-28-18)22-11-9-16-5-7-17(21)8-6-16;/h3-8,13H,9-12,14H2,1-2H3,(H2,22,23,24);1H. The highest BCUT2D eigenvalue weighted by Gasteiger charge is 2.05. The molecule has 0 atom stereocenters. The Balaban J connectivity index is 0.00000300. The Morgan fingerprint density at radius 2 is 1.83 bits per heavy atom. The summed E-state index contributed by atoms with van der Waals surface area (Å²) in [4.78, 5) is 5.98. The average molecular weight is 528 g/mol. The van der Waals surface area contributed by atoms with Crippen LogP contribution in [0.25, 0.3) is 0 Å². The second kappa shape index (κ2) is 11.9. The molecule has 0 aliphatic heterocycles.